The number of nitriles is 1. The van der Waals surface area contributed by atoms with Gasteiger partial charge in [0.1, 0.15) is 29.0 Å². The van der Waals surface area contributed by atoms with E-state index in [1.807, 2.05) is 12.1 Å². The van der Waals surface area contributed by atoms with E-state index < -0.39 is 17.6 Å². The van der Waals surface area contributed by atoms with Gasteiger partial charge in [0.25, 0.3) is 0 Å². The second-order valence-corrected chi connectivity index (χ2v) is 8.63. The third-order valence-corrected chi connectivity index (χ3v) is 5.92. The van der Waals surface area contributed by atoms with Gasteiger partial charge in [0.05, 0.1) is 5.56 Å². The maximum absolute atomic E-state index is 15.0. The Morgan fingerprint density at radius 1 is 0.921 bits per heavy atom. The predicted molar refractivity (Wildman–Crippen MR) is 131 cm³/mol. The first-order valence-corrected chi connectivity index (χ1v) is 11.4. The van der Waals surface area contributed by atoms with Crippen LogP contribution in [-0.4, -0.2) is 25.7 Å². The molecule has 0 atom stereocenters. The number of nitrogens with zero attached hydrogens (tertiary/aromatic N) is 4. The number of halogens is 4. The van der Waals surface area contributed by atoms with E-state index in [1.54, 1.807) is 30.3 Å². The van der Waals surface area contributed by atoms with Crippen molar-refractivity contribution in [2.75, 3.05) is 0 Å². The Morgan fingerprint density at radius 2 is 1.74 bits per heavy atom. The van der Waals surface area contributed by atoms with Gasteiger partial charge in [0, 0.05) is 64.9 Å². The number of benzene rings is 1. The van der Waals surface area contributed by atoms with Crippen LogP contribution in [0.3, 0.4) is 0 Å². The molecule has 0 saturated carbocycles. The van der Waals surface area contributed by atoms with Crippen LogP contribution in [0.2, 0.25) is 0 Å². The van der Waals surface area contributed by atoms with E-state index in [4.69, 9.17) is 5.26 Å². The summed E-state index contributed by atoms with van der Waals surface area (Å²) in [6, 6.07) is 15.1. The molecular formula is C28H17F4N5O. The molecule has 0 saturated heterocycles. The van der Waals surface area contributed by atoms with Gasteiger partial charge in [-0.05, 0) is 48.0 Å². The number of aromatic nitrogens is 4. The molecular weight excluding hydrogens is 498 g/mol. The van der Waals surface area contributed by atoms with Crippen LogP contribution in [0, 0.1) is 17.1 Å². The number of fused-ring (bicyclic) bond motifs is 1. The van der Waals surface area contributed by atoms with Gasteiger partial charge in [-0.25, -0.2) is 14.4 Å². The highest BCUT2D eigenvalue weighted by Crippen LogP contribution is 2.30. The number of hydrogen-bond donors (Lipinski definition) is 1. The zero-order chi connectivity index (χ0) is 26.9. The Bertz CT molecular complexity index is 1720. The first-order chi connectivity index (χ1) is 18.2. The van der Waals surface area contributed by atoms with Gasteiger partial charge in [-0.15, -0.1) is 0 Å². The molecule has 1 aromatic carbocycles. The lowest BCUT2D eigenvalue weighted by Crippen LogP contribution is -2.11. The number of nitrogens with one attached hydrogen (secondary N) is 1. The SMILES string of the molecule is N#Cc1cc(-c2cc3cc(-c4ccc(CC(=O)Cc5cc(C(F)(F)F)ccn5)cc4F)cnc3[nH]2)ccn1. The molecule has 1 N–H and O–H groups in total. The summed E-state index contributed by atoms with van der Waals surface area (Å²) >= 11 is 0. The van der Waals surface area contributed by atoms with Crippen molar-refractivity contribution in [2.24, 2.45) is 0 Å². The van der Waals surface area contributed by atoms with Gasteiger partial charge in [-0.3, -0.25) is 9.78 Å². The molecule has 0 amide bonds. The first kappa shape index (κ1) is 24.8. The van der Waals surface area contributed by atoms with Crippen molar-refractivity contribution in [1.82, 2.24) is 19.9 Å². The summed E-state index contributed by atoms with van der Waals surface area (Å²) in [4.78, 5) is 27.8. The molecule has 5 aromatic rings. The molecule has 5 rings (SSSR count). The van der Waals surface area contributed by atoms with E-state index >= 15 is 4.39 Å². The molecule has 0 bridgehead atoms. The number of pyridine rings is 3. The van der Waals surface area contributed by atoms with Crippen LogP contribution >= 0.6 is 0 Å². The summed E-state index contributed by atoms with van der Waals surface area (Å²) in [5, 5.41) is 9.81. The molecule has 0 unspecified atom stereocenters. The molecule has 10 heteroatoms. The number of alkyl halides is 3. The fourth-order valence-corrected chi connectivity index (χ4v) is 4.12. The van der Waals surface area contributed by atoms with Crippen molar-refractivity contribution < 1.29 is 22.4 Å². The highest BCUT2D eigenvalue weighted by molar-refractivity contribution is 5.87. The van der Waals surface area contributed by atoms with E-state index in [0.29, 0.717) is 16.8 Å². The summed E-state index contributed by atoms with van der Waals surface area (Å²) in [6.07, 6.45) is -0.895. The smallest absolute Gasteiger partial charge is 0.339 e. The molecule has 0 aliphatic carbocycles. The molecule has 4 heterocycles. The van der Waals surface area contributed by atoms with Gasteiger partial charge in [0.2, 0.25) is 0 Å². The van der Waals surface area contributed by atoms with Gasteiger partial charge in [-0.2, -0.15) is 18.4 Å². The van der Waals surface area contributed by atoms with Gasteiger partial charge in [0.15, 0.2) is 0 Å². The highest BCUT2D eigenvalue weighted by atomic mass is 19.4. The molecule has 4 aromatic heterocycles. The maximum Gasteiger partial charge on any atom is 0.416 e. The van der Waals surface area contributed by atoms with Crippen LogP contribution in [0.4, 0.5) is 17.6 Å². The van der Waals surface area contributed by atoms with Crippen molar-refractivity contribution in [3.05, 3.63) is 102 Å². The third kappa shape index (κ3) is 5.27. The number of H-pyrrole nitrogens is 1. The molecule has 188 valence electrons. The fourth-order valence-electron chi connectivity index (χ4n) is 4.12. The minimum absolute atomic E-state index is 0.00257. The van der Waals surface area contributed by atoms with E-state index in [2.05, 4.69) is 19.9 Å². The van der Waals surface area contributed by atoms with Crippen molar-refractivity contribution in [2.45, 2.75) is 19.0 Å². The zero-order valence-corrected chi connectivity index (χ0v) is 19.6. The normalized spacial score (nSPS) is 11.4. The topological polar surface area (TPSA) is 95.3 Å². The van der Waals surface area contributed by atoms with Crippen LogP contribution in [0.5, 0.6) is 0 Å². The lowest BCUT2D eigenvalue weighted by molar-refractivity contribution is -0.137. The largest absolute Gasteiger partial charge is 0.416 e. The van der Waals surface area contributed by atoms with Crippen LogP contribution in [0.1, 0.15) is 22.5 Å². The maximum atomic E-state index is 15.0. The second kappa shape index (κ2) is 9.86. The van der Waals surface area contributed by atoms with Gasteiger partial charge >= 0.3 is 6.18 Å². The Hall–Kier alpha value is -4.91. The second-order valence-electron chi connectivity index (χ2n) is 8.63. The first-order valence-electron chi connectivity index (χ1n) is 11.4. The van der Waals surface area contributed by atoms with Crippen LogP contribution in [-0.2, 0) is 23.8 Å². The summed E-state index contributed by atoms with van der Waals surface area (Å²) in [5.41, 5.74) is 2.69. The molecule has 0 radical (unpaired) electrons. The average Bonchev–Trinajstić information content (AvgIpc) is 3.32. The van der Waals surface area contributed by atoms with Gasteiger partial charge in [-0.1, -0.05) is 12.1 Å². The quantitative estimate of drug-likeness (QED) is 0.277. The summed E-state index contributed by atoms with van der Waals surface area (Å²) in [5.74, 6) is -0.945. The van der Waals surface area contributed by atoms with Crippen LogP contribution < -0.4 is 0 Å². The Morgan fingerprint density at radius 3 is 2.50 bits per heavy atom. The summed E-state index contributed by atoms with van der Waals surface area (Å²) in [6.45, 7) is 0. The van der Waals surface area contributed by atoms with E-state index in [-0.39, 0.29) is 35.6 Å². The number of carbonyl (C=O) groups is 1. The molecule has 0 spiro atoms. The standard InChI is InChI=1S/C28H17F4N5O/c29-25-8-16(7-23(38)13-21-12-20(4-6-34-21)28(30,31)32)1-2-24(25)19-9-18-11-26(37-27(18)36-15-19)17-3-5-35-22(10-17)14-33/h1-6,8-12,15H,7,13H2,(H,36,37). The Labute approximate surface area is 213 Å². The van der Waals surface area contributed by atoms with Crippen LogP contribution in [0.15, 0.2) is 73.2 Å². The van der Waals surface area contributed by atoms with E-state index in [1.165, 1.54) is 18.5 Å². The number of aromatic amines is 1. The number of ketones is 1. The zero-order valence-electron chi connectivity index (χ0n) is 19.6. The monoisotopic (exact) mass is 515 g/mol. The Balaban J connectivity index is 1.33. The van der Waals surface area contributed by atoms with Gasteiger partial charge < -0.3 is 4.98 Å². The van der Waals surface area contributed by atoms with Crippen molar-refractivity contribution in [3.63, 3.8) is 0 Å². The van der Waals surface area contributed by atoms with E-state index in [0.717, 1.165) is 35.0 Å². The lowest BCUT2D eigenvalue weighted by atomic mass is 10.00. The van der Waals surface area contributed by atoms with Crippen LogP contribution in [0.25, 0.3) is 33.4 Å². The lowest BCUT2D eigenvalue weighted by Gasteiger charge is -2.08. The molecule has 0 aliphatic heterocycles. The predicted octanol–water partition coefficient (Wildman–Crippen LogP) is 6.07. The molecule has 0 aliphatic rings. The number of rotatable bonds is 6. The average molecular weight is 515 g/mol. The van der Waals surface area contributed by atoms with Crippen molar-refractivity contribution >= 4 is 16.8 Å². The number of Topliss-reactive ketones (excluding diaryl/α,β-unsaturated/α-hetero) is 1. The number of hydrogen-bond acceptors (Lipinski definition) is 5. The summed E-state index contributed by atoms with van der Waals surface area (Å²) < 4.78 is 53.7. The minimum Gasteiger partial charge on any atom is -0.339 e. The molecule has 38 heavy (non-hydrogen) atoms. The number of carbonyl (C=O) groups excluding carboxylic acids is 1. The fraction of sp³-hybridized carbons (Fsp3) is 0.107. The third-order valence-electron chi connectivity index (χ3n) is 5.92. The van der Waals surface area contributed by atoms with Crippen molar-refractivity contribution in [3.8, 4) is 28.5 Å². The minimum atomic E-state index is -4.53. The highest BCUT2D eigenvalue weighted by Gasteiger charge is 2.30. The summed E-state index contributed by atoms with van der Waals surface area (Å²) in [7, 11) is 0. The Kier molecular flexibility index (Phi) is 6.43. The van der Waals surface area contributed by atoms with Crippen molar-refractivity contribution in [1.29, 1.82) is 5.26 Å². The van der Waals surface area contributed by atoms with E-state index in [9.17, 15) is 18.0 Å². The molecule has 0 fully saturated rings. The molecule has 6 nitrogen and oxygen atoms in total.